The summed E-state index contributed by atoms with van der Waals surface area (Å²) >= 11 is 0. The Balaban J connectivity index is 2.24. The summed E-state index contributed by atoms with van der Waals surface area (Å²) in [5.41, 5.74) is 7.04. The molecule has 0 saturated heterocycles. The Morgan fingerprint density at radius 3 is 2.65 bits per heavy atom. The number of sulfonamides is 1. The van der Waals surface area contributed by atoms with E-state index < -0.39 is 10.0 Å². The topological polar surface area (TPSA) is 72.2 Å². The van der Waals surface area contributed by atoms with Gasteiger partial charge in [-0.3, -0.25) is 0 Å². The molecule has 0 radical (unpaired) electrons. The van der Waals surface area contributed by atoms with Crippen LogP contribution < -0.4 is 10.5 Å². The lowest BCUT2D eigenvalue weighted by Gasteiger charge is -2.35. The summed E-state index contributed by atoms with van der Waals surface area (Å²) in [5, 5.41) is 0. The number of nitrogen functional groups attached to an aromatic ring is 1. The minimum atomic E-state index is -3.55. The maximum Gasteiger partial charge on any atom is 0.243 e. The molecular formula is C15H24N2O2S. The van der Waals surface area contributed by atoms with Crippen LogP contribution in [0.4, 0.5) is 5.69 Å². The van der Waals surface area contributed by atoms with Crippen molar-refractivity contribution in [2.45, 2.75) is 57.4 Å². The zero-order valence-electron chi connectivity index (χ0n) is 12.4. The van der Waals surface area contributed by atoms with E-state index in [0.29, 0.717) is 11.3 Å². The van der Waals surface area contributed by atoms with Gasteiger partial charge in [-0.25, -0.2) is 13.1 Å². The van der Waals surface area contributed by atoms with E-state index in [4.69, 9.17) is 5.73 Å². The summed E-state index contributed by atoms with van der Waals surface area (Å²) in [5.74, 6) is 0. The summed E-state index contributed by atoms with van der Waals surface area (Å²) < 4.78 is 28.0. The molecule has 1 saturated carbocycles. The second kappa shape index (κ2) is 5.37. The van der Waals surface area contributed by atoms with E-state index in [9.17, 15) is 8.42 Å². The predicted molar refractivity (Wildman–Crippen MR) is 81.9 cm³/mol. The van der Waals surface area contributed by atoms with Crippen LogP contribution in [0.15, 0.2) is 23.1 Å². The van der Waals surface area contributed by atoms with Crippen molar-refractivity contribution in [2.75, 3.05) is 5.73 Å². The zero-order chi connectivity index (χ0) is 15.0. The average molecular weight is 296 g/mol. The summed E-state index contributed by atoms with van der Waals surface area (Å²) in [6.45, 7) is 6.15. The first-order valence-electron chi connectivity index (χ1n) is 7.09. The van der Waals surface area contributed by atoms with Crippen molar-refractivity contribution in [1.82, 2.24) is 4.72 Å². The van der Waals surface area contributed by atoms with E-state index in [1.54, 1.807) is 25.1 Å². The summed E-state index contributed by atoms with van der Waals surface area (Å²) in [4.78, 5) is 0.225. The Kier molecular flexibility index (Phi) is 4.12. The Hall–Kier alpha value is -1.07. The first kappa shape index (κ1) is 15.3. The highest BCUT2D eigenvalue weighted by molar-refractivity contribution is 7.89. The second-order valence-corrected chi connectivity index (χ2v) is 8.22. The van der Waals surface area contributed by atoms with Gasteiger partial charge < -0.3 is 5.73 Å². The van der Waals surface area contributed by atoms with Gasteiger partial charge >= 0.3 is 0 Å². The van der Waals surface area contributed by atoms with Gasteiger partial charge in [0.05, 0.1) is 5.69 Å². The molecule has 1 fully saturated rings. The molecule has 112 valence electrons. The first-order valence-corrected chi connectivity index (χ1v) is 8.57. The van der Waals surface area contributed by atoms with Gasteiger partial charge in [0.2, 0.25) is 10.0 Å². The maximum absolute atomic E-state index is 12.6. The maximum atomic E-state index is 12.6. The highest BCUT2D eigenvalue weighted by atomic mass is 32.2. The third kappa shape index (κ3) is 3.33. The second-order valence-electron chi connectivity index (χ2n) is 6.57. The smallest absolute Gasteiger partial charge is 0.243 e. The van der Waals surface area contributed by atoms with Gasteiger partial charge in [-0.1, -0.05) is 32.4 Å². The number of hydrogen-bond donors (Lipinski definition) is 2. The fourth-order valence-electron chi connectivity index (χ4n) is 3.12. The van der Waals surface area contributed by atoms with E-state index in [1.807, 2.05) is 0 Å². The van der Waals surface area contributed by atoms with Crippen molar-refractivity contribution in [3.05, 3.63) is 23.8 Å². The average Bonchev–Trinajstić information content (AvgIpc) is 2.25. The predicted octanol–water partition coefficient (Wildman–Crippen LogP) is 2.82. The van der Waals surface area contributed by atoms with Crippen LogP contribution in [-0.2, 0) is 10.0 Å². The van der Waals surface area contributed by atoms with E-state index in [1.165, 1.54) is 0 Å². The summed E-state index contributed by atoms with van der Waals surface area (Å²) in [6.07, 6.45) is 3.98. The molecule has 0 spiro atoms. The van der Waals surface area contributed by atoms with E-state index in [2.05, 4.69) is 18.6 Å². The largest absolute Gasteiger partial charge is 0.398 e. The highest BCUT2D eigenvalue weighted by Gasteiger charge is 2.31. The molecule has 20 heavy (non-hydrogen) atoms. The standard InChI is InChI=1S/C15H24N2O2S/c1-11-6-4-8-13(16)14(11)20(18,19)17-12-7-5-9-15(2,3)10-12/h4,6,8,12,17H,5,7,9-10,16H2,1-3H3. The Bertz CT molecular complexity index is 574. The molecule has 4 nitrogen and oxygen atoms in total. The minimum absolute atomic E-state index is 0.00255. The fraction of sp³-hybridized carbons (Fsp3) is 0.600. The van der Waals surface area contributed by atoms with Crippen molar-refractivity contribution < 1.29 is 8.42 Å². The van der Waals surface area contributed by atoms with Gasteiger partial charge in [-0.2, -0.15) is 0 Å². The van der Waals surface area contributed by atoms with Gasteiger partial charge in [0.25, 0.3) is 0 Å². The molecule has 0 aliphatic heterocycles. The first-order chi connectivity index (χ1) is 9.21. The number of anilines is 1. The van der Waals surface area contributed by atoms with Crippen molar-refractivity contribution >= 4 is 15.7 Å². The van der Waals surface area contributed by atoms with E-state index in [-0.39, 0.29) is 16.4 Å². The number of hydrogen-bond acceptors (Lipinski definition) is 3. The number of aryl methyl sites for hydroxylation is 1. The van der Waals surface area contributed by atoms with Crippen LogP contribution in [0.3, 0.4) is 0 Å². The van der Waals surface area contributed by atoms with Crippen molar-refractivity contribution in [2.24, 2.45) is 5.41 Å². The molecular weight excluding hydrogens is 272 g/mol. The third-order valence-electron chi connectivity index (χ3n) is 4.04. The van der Waals surface area contributed by atoms with Crippen molar-refractivity contribution in [3.63, 3.8) is 0 Å². The summed E-state index contributed by atoms with van der Waals surface area (Å²) in [7, 11) is -3.55. The molecule has 3 N–H and O–H groups in total. The fourth-order valence-corrected chi connectivity index (χ4v) is 4.75. The zero-order valence-corrected chi connectivity index (χ0v) is 13.3. The van der Waals surface area contributed by atoms with Gasteiger partial charge in [0.1, 0.15) is 4.90 Å². The SMILES string of the molecule is Cc1cccc(N)c1S(=O)(=O)NC1CCCC(C)(C)C1. The Morgan fingerprint density at radius 2 is 2.05 bits per heavy atom. The van der Waals surface area contributed by atoms with Gasteiger partial charge in [0, 0.05) is 6.04 Å². The van der Waals surface area contributed by atoms with Crippen molar-refractivity contribution in [3.8, 4) is 0 Å². The molecule has 1 aliphatic carbocycles. The van der Waals surface area contributed by atoms with Gasteiger partial charge in [-0.05, 0) is 43.2 Å². The Morgan fingerprint density at radius 1 is 1.35 bits per heavy atom. The quantitative estimate of drug-likeness (QED) is 0.842. The van der Waals surface area contributed by atoms with Crippen LogP contribution in [-0.4, -0.2) is 14.5 Å². The molecule has 0 aromatic heterocycles. The minimum Gasteiger partial charge on any atom is -0.398 e. The van der Waals surface area contributed by atoms with Crippen LogP contribution in [0, 0.1) is 12.3 Å². The molecule has 1 unspecified atom stereocenters. The molecule has 5 heteroatoms. The van der Waals surface area contributed by atoms with E-state index in [0.717, 1.165) is 25.7 Å². The third-order valence-corrected chi connectivity index (χ3v) is 5.78. The molecule has 0 amide bonds. The number of nitrogens with one attached hydrogen (secondary N) is 1. The lowest BCUT2D eigenvalue weighted by molar-refractivity contribution is 0.212. The van der Waals surface area contributed by atoms with Crippen molar-refractivity contribution in [1.29, 1.82) is 0 Å². The van der Waals surface area contributed by atoms with Crippen LogP contribution in [0.5, 0.6) is 0 Å². The van der Waals surface area contributed by atoms with Gasteiger partial charge in [-0.15, -0.1) is 0 Å². The lowest BCUT2D eigenvalue weighted by Crippen LogP contribution is -2.41. The number of rotatable bonds is 3. The van der Waals surface area contributed by atoms with Crippen LogP contribution >= 0.6 is 0 Å². The molecule has 1 atom stereocenters. The highest BCUT2D eigenvalue weighted by Crippen LogP contribution is 2.36. The number of nitrogens with two attached hydrogens (primary N) is 1. The number of benzene rings is 1. The molecule has 1 aromatic rings. The summed E-state index contributed by atoms with van der Waals surface area (Å²) in [6, 6.07) is 5.18. The molecule has 0 bridgehead atoms. The Labute approximate surface area is 121 Å². The van der Waals surface area contributed by atoms with Gasteiger partial charge in [0.15, 0.2) is 0 Å². The molecule has 1 aliphatic rings. The van der Waals surface area contributed by atoms with Crippen LogP contribution in [0.25, 0.3) is 0 Å². The molecule has 1 aromatic carbocycles. The van der Waals surface area contributed by atoms with Crippen LogP contribution in [0.1, 0.15) is 45.1 Å². The lowest BCUT2D eigenvalue weighted by atomic mass is 9.75. The molecule has 0 heterocycles. The monoisotopic (exact) mass is 296 g/mol. The van der Waals surface area contributed by atoms with Crippen LogP contribution in [0.2, 0.25) is 0 Å². The molecule has 2 rings (SSSR count). The van der Waals surface area contributed by atoms with E-state index >= 15 is 0 Å². The normalized spacial score (nSPS) is 22.6.